The third-order valence-electron chi connectivity index (χ3n) is 8.17. The smallest absolute Gasteiger partial charge is 0.194 e. The zero-order valence-electron chi connectivity index (χ0n) is 20.6. The summed E-state index contributed by atoms with van der Waals surface area (Å²) < 4.78 is 42.3. The number of pyridine rings is 1. The molecule has 4 atom stereocenters. The molecule has 0 spiro atoms. The second-order valence-electron chi connectivity index (χ2n) is 10.5. The van der Waals surface area contributed by atoms with Crippen molar-refractivity contribution in [3.63, 3.8) is 0 Å². The number of fused-ring (bicyclic) bond motifs is 2. The molecule has 1 saturated heterocycles. The molecule has 5 rings (SSSR count). The van der Waals surface area contributed by atoms with Crippen LogP contribution in [-0.2, 0) is 0 Å². The molecule has 2 unspecified atom stereocenters. The predicted molar refractivity (Wildman–Crippen MR) is 139 cm³/mol. The van der Waals surface area contributed by atoms with Gasteiger partial charge in [-0.15, -0.1) is 11.6 Å². The van der Waals surface area contributed by atoms with E-state index in [1.807, 2.05) is 13.1 Å². The fourth-order valence-corrected chi connectivity index (χ4v) is 6.54. The Morgan fingerprint density at radius 3 is 2.53 bits per heavy atom. The Morgan fingerprint density at radius 2 is 1.81 bits per heavy atom. The number of hydrogen-bond acceptors (Lipinski definition) is 4. The maximum atomic E-state index is 14.7. The molecular weight excluding hydrogens is 485 g/mol. The summed E-state index contributed by atoms with van der Waals surface area (Å²) >= 11 is 5.85. The van der Waals surface area contributed by atoms with E-state index < -0.39 is 23.4 Å². The molecule has 36 heavy (non-hydrogen) atoms. The molecule has 2 aliphatic heterocycles. The van der Waals surface area contributed by atoms with Crippen LogP contribution in [0.4, 0.5) is 18.9 Å². The Labute approximate surface area is 215 Å². The van der Waals surface area contributed by atoms with Crippen molar-refractivity contribution >= 4 is 28.7 Å². The third kappa shape index (κ3) is 5.17. The maximum absolute atomic E-state index is 14.7. The van der Waals surface area contributed by atoms with E-state index in [9.17, 15) is 13.2 Å². The number of aryl methyl sites for hydroxylation is 1. The van der Waals surface area contributed by atoms with E-state index >= 15 is 0 Å². The van der Waals surface area contributed by atoms with E-state index in [1.54, 1.807) is 0 Å². The van der Waals surface area contributed by atoms with Crippen LogP contribution >= 0.6 is 11.6 Å². The Morgan fingerprint density at radius 1 is 1.03 bits per heavy atom. The first-order chi connectivity index (χ1) is 17.4. The van der Waals surface area contributed by atoms with Crippen LogP contribution < -0.4 is 4.90 Å². The molecule has 1 saturated carbocycles. The van der Waals surface area contributed by atoms with Crippen molar-refractivity contribution in [3.8, 4) is 0 Å². The van der Waals surface area contributed by atoms with E-state index in [1.165, 1.54) is 24.6 Å². The van der Waals surface area contributed by atoms with E-state index in [4.69, 9.17) is 11.6 Å². The van der Waals surface area contributed by atoms with Gasteiger partial charge in [0.2, 0.25) is 0 Å². The van der Waals surface area contributed by atoms with Crippen LogP contribution in [-0.4, -0.2) is 35.4 Å². The zero-order chi connectivity index (χ0) is 25.2. The van der Waals surface area contributed by atoms with Gasteiger partial charge in [0.15, 0.2) is 17.5 Å². The number of piperidine rings is 1. The van der Waals surface area contributed by atoms with Gasteiger partial charge in [0.05, 0.1) is 5.71 Å². The molecule has 192 valence electrons. The van der Waals surface area contributed by atoms with Gasteiger partial charge < -0.3 is 4.90 Å². The zero-order valence-corrected chi connectivity index (χ0v) is 21.3. The molecule has 0 radical (unpaired) electrons. The number of nitrogens with zero attached hydrogens (tertiary/aromatic N) is 4. The summed E-state index contributed by atoms with van der Waals surface area (Å²) in [6.45, 7) is 4.09. The predicted octanol–water partition coefficient (Wildman–Crippen LogP) is 7.05. The minimum Gasteiger partial charge on any atom is -0.371 e. The summed E-state index contributed by atoms with van der Waals surface area (Å²) in [6, 6.07) is 6.59. The number of alkyl halides is 1. The van der Waals surface area contributed by atoms with Crippen molar-refractivity contribution in [3.05, 3.63) is 59.2 Å². The Kier molecular flexibility index (Phi) is 7.65. The van der Waals surface area contributed by atoms with Gasteiger partial charge in [-0.2, -0.15) is 10.2 Å². The van der Waals surface area contributed by atoms with Crippen molar-refractivity contribution in [1.82, 2.24) is 4.98 Å². The van der Waals surface area contributed by atoms with Gasteiger partial charge in [-0.1, -0.05) is 12.5 Å². The standard InChI is InChI=1S/C28H32ClF3N4/c1-17-12-21(9-11-33-17)36-15-18-5-6-19(16-36)24(18)13-20-14-26(35-34-20)22(4-2-3-10-29)23-7-8-25(30)28(32)27(23)31/h7-9,11-12,18-19,22,24H,2-6,10,13-16H2,1H3/t18-,19+,22?,24?. The minimum absolute atomic E-state index is 0.152. The Balaban J connectivity index is 1.25. The average Bonchev–Trinajstić information content (AvgIpc) is 3.41. The Bertz CT molecular complexity index is 1150. The lowest BCUT2D eigenvalue weighted by Crippen LogP contribution is -2.42. The van der Waals surface area contributed by atoms with Crippen LogP contribution in [0.25, 0.3) is 0 Å². The summed E-state index contributed by atoms with van der Waals surface area (Å²) in [5.41, 5.74) is 4.19. The van der Waals surface area contributed by atoms with Crippen molar-refractivity contribution in [1.29, 1.82) is 0 Å². The second-order valence-corrected chi connectivity index (χ2v) is 10.8. The molecule has 1 aromatic carbocycles. The first kappa shape index (κ1) is 25.2. The highest BCUT2D eigenvalue weighted by Gasteiger charge is 2.43. The van der Waals surface area contributed by atoms with E-state index in [2.05, 4.69) is 32.2 Å². The largest absolute Gasteiger partial charge is 0.371 e. The highest BCUT2D eigenvalue weighted by atomic mass is 35.5. The lowest BCUT2D eigenvalue weighted by molar-refractivity contribution is 0.279. The number of rotatable bonds is 9. The van der Waals surface area contributed by atoms with Gasteiger partial charge >= 0.3 is 0 Å². The van der Waals surface area contributed by atoms with Crippen LogP contribution in [0.5, 0.6) is 0 Å². The average molecular weight is 517 g/mol. The maximum Gasteiger partial charge on any atom is 0.194 e. The van der Waals surface area contributed by atoms with Crippen molar-refractivity contribution < 1.29 is 13.2 Å². The molecule has 0 amide bonds. The van der Waals surface area contributed by atoms with Crippen LogP contribution in [0.15, 0.2) is 40.7 Å². The molecule has 4 nitrogen and oxygen atoms in total. The van der Waals surface area contributed by atoms with Crippen molar-refractivity contribution in [2.24, 2.45) is 28.0 Å². The van der Waals surface area contributed by atoms with E-state index in [0.717, 1.165) is 55.5 Å². The fourth-order valence-electron chi connectivity index (χ4n) is 6.35. The quantitative estimate of drug-likeness (QED) is 0.203. The number of hydrogen-bond donors (Lipinski definition) is 0. The number of unbranched alkanes of at least 4 members (excludes halogenated alkanes) is 1. The SMILES string of the molecule is Cc1cc(N2C[C@H]3CC[C@@H](C2)C3CC2=NN=C(C(CCCCCl)c3ccc(F)c(F)c3F)C2)ccn1. The molecular formula is C28H32ClF3N4. The third-order valence-corrected chi connectivity index (χ3v) is 8.44. The van der Waals surface area contributed by atoms with E-state index in [0.29, 0.717) is 36.5 Å². The minimum atomic E-state index is -1.43. The highest BCUT2D eigenvalue weighted by molar-refractivity contribution is 6.17. The lowest BCUT2D eigenvalue weighted by atomic mass is 9.79. The second kappa shape index (κ2) is 10.9. The van der Waals surface area contributed by atoms with Gasteiger partial charge in [-0.3, -0.25) is 4.98 Å². The first-order valence-corrected chi connectivity index (χ1v) is 13.5. The molecule has 2 fully saturated rings. The summed E-state index contributed by atoms with van der Waals surface area (Å²) in [5, 5.41) is 8.95. The molecule has 1 aromatic heterocycles. The Hall–Kier alpha value is -2.41. The monoisotopic (exact) mass is 516 g/mol. The van der Waals surface area contributed by atoms with Gasteiger partial charge in [0, 0.05) is 54.6 Å². The number of halogens is 4. The van der Waals surface area contributed by atoms with Crippen LogP contribution in [0, 0.1) is 42.1 Å². The first-order valence-electron chi connectivity index (χ1n) is 12.9. The molecule has 0 N–H and O–H groups in total. The number of aromatic nitrogens is 1. The van der Waals surface area contributed by atoms with Crippen molar-refractivity contribution in [2.45, 2.75) is 57.8 Å². The van der Waals surface area contributed by atoms with Crippen LogP contribution in [0.3, 0.4) is 0 Å². The van der Waals surface area contributed by atoms with E-state index in [-0.39, 0.29) is 5.56 Å². The molecule has 8 heteroatoms. The normalized spacial score (nSPS) is 24.1. The molecule has 3 heterocycles. The van der Waals surface area contributed by atoms with Gasteiger partial charge in [-0.25, -0.2) is 13.2 Å². The number of anilines is 1. The molecule has 1 aliphatic carbocycles. The van der Waals surface area contributed by atoms with Crippen molar-refractivity contribution in [2.75, 3.05) is 23.9 Å². The van der Waals surface area contributed by atoms with Crippen LogP contribution in [0.1, 0.15) is 62.1 Å². The van der Waals surface area contributed by atoms with Gasteiger partial charge in [0.1, 0.15) is 0 Å². The molecule has 3 aliphatic rings. The summed E-state index contributed by atoms with van der Waals surface area (Å²) in [4.78, 5) is 6.82. The topological polar surface area (TPSA) is 40.9 Å². The van der Waals surface area contributed by atoms with Crippen LogP contribution in [0.2, 0.25) is 0 Å². The summed E-state index contributed by atoms with van der Waals surface area (Å²) in [6.07, 6.45) is 7.86. The number of benzene rings is 1. The highest BCUT2D eigenvalue weighted by Crippen LogP contribution is 2.45. The fraction of sp³-hybridized carbons (Fsp3) is 0.536. The molecule has 2 bridgehead atoms. The molecule has 2 aromatic rings. The lowest BCUT2D eigenvalue weighted by Gasteiger charge is -2.39. The summed E-state index contributed by atoms with van der Waals surface area (Å²) in [7, 11) is 0. The summed E-state index contributed by atoms with van der Waals surface area (Å²) in [5.74, 6) is -1.89. The van der Waals surface area contributed by atoms with Gasteiger partial charge in [-0.05, 0) is 80.5 Å². The van der Waals surface area contributed by atoms with Gasteiger partial charge in [0.25, 0.3) is 0 Å².